The van der Waals surface area contributed by atoms with E-state index in [1.54, 1.807) is 30.3 Å². The van der Waals surface area contributed by atoms with E-state index in [2.05, 4.69) is 6.07 Å². The van der Waals surface area contributed by atoms with Crippen molar-refractivity contribution < 1.29 is 19.0 Å². The number of carbonyl (C=O) groups is 1. The van der Waals surface area contributed by atoms with Crippen molar-refractivity contribution in [3.8, 4) is 23.3 Å². The SMILES string of the molecule is Cc1cc(C)cc(OCC(=O)Oc2ccc3c(c2)OC(N)=C(C#N)C3c2cccc(Cl)c2)c1. The second-order valence-electron chi connectivity index (χ2n) is 7.77. The Labute approximate surface area is 196 Å². The Morgan fingerprint density at radius 3 is 2.55 bits per heavy atom. The van der Waals surface area contributed by atoms with Gasteiger partial charge in [0.2, 0.25) is 5.88 Å². The fourth-order valence-corrected chi connectivity index (χ4v) is 4.05. The summed E-state index contributed by atoms with van der Waals surface area (Å²) in [5, 5.41) is 10.2. The molecule has 0 aromatic heterocycles. The van der Waals surface area contributed by atoms with Crippen LogP contribution in [0.3, 0.4) is 0 Å². The molecule has 0 amide bonds. The van der Waals surface area contributed by atoms with Crippen LogP contribution >= 0.6 is 11.6 Å². The van der Waals surface area contributed by atoms with E-state index in [9.17, 15) is 10.1 Å². The molecule has 166 valence electrons. The lowest BCUT2D eigenvalue weighted by atomic mass is 9.83. The molecule has 0 aliphatic carbocycles. The van der Waals surface area contributed by atoms with E-state index in [1.807, 2.05) is 44.2 Å². The van der Waals surface area contributed by atoms with Gasteiger partial charge < -0.3 is 19.9 Å². The summed E-state index contributed by atoms with van der Waals surface area (Å²) < 4.78 is 16.7. The lowest BCUT2D eigenvalue weighted by Crippen LogP contribution is -2.21. The number of halogens is 1. The second-order valence-corrected chi connectivity index (χ2v) is 8.20. The van der Waals surface area contributed by atoms with Gasteiger partial charge in [0.15, 0.2) is 6.61 Å². The highest BCUT2D eigenvalue weighted by Crippen LogP contribution is 2.43. The summed E-state index contributed by atoms with van der Waals surface area (Å²) in [7, 11) is 0. The molecular weight excluding hydrogens is 440 g/mol. The highest BCUT2D eigenvalue weighted by molar-refractivity contribution is 6.30. The number of nitrogens with zero attached hydrogens (tertiary/aromatic N) is 1. The molecule has 0 bridgehead atoms. The maximum atomic E-state index is 12.3. The average molecular weight is 461 g/mol. The Bertz CT molecular complexity index is 1290. The van der Waals surface area contributed by atoms with Gasteiger partial charge in [-0.05, 0) is 60.9 Å². The van der Waals surface area contributed by atoms with E-state index in [1.165, 1.54) is 0 Å². The van der Waals surface area contributed by atoms with Crippen LogP contribution < -0.4 is 19.9 Å². The summed E-state index contributed by atoms with van der Waals surface area (Å²) in [6.45, 7) is 3.67. The molecule has 3 aromatic carbocycles. The van der Waals surface area contributed by atoms with E-state index < -0.39 is 11.9 Å². The first kappa shape index (κ1) is 22.3. The van der Waals surface area contributed by atoms with Gasteiger partial charge in [0, 0.05) is 16.7 Å². The molecule has 3 aromatic rings. The lowest BCUT2D eigenvalue weighted by Gasteiger charge is -2.26. The van der Waals surface area contributed by atoms with Gasteiger partial charge in [-0.3, -0.25) is 0 Å². The fourth-order valence-electron chi connectivity index (χ4n) is 3.85. The Kier molecular flexibility index (Phi) is 6.25. The number of nitrogens with two attached hydrogens (primary N) is 1. The summed E-state index contributed by atoms with van der Waals surface area (Å²) >= 11 is 6.16. The maximum Gasteiger partial charge on any atom is 0.349 e. The monoisotopic (exact) mass is 460 g/mol. The first-order valence-corrected chi connectivity index (χ1v) is 10.6. The van der Waals surface area contributed by atoms with Crippen LogP contribution in [0, 0.1) is 25.2 Å². The summed E-state index contributed by atoms with van der Waals surface area (Å²) in [5.74, 6) is 0.270. The Balaban J connectivity index is 1.54. The topological polar surface area (TPSA) is 94.6 Å². The smallest absolute Gasteiger partial charge is 0.349 e. The summed E-state index contributed by atoms with van der Waals surface area (Å²) in [6, 6.07) is 20.0. The molecule has 0 fully saturated rings. The van der Waals surface area contributed by atoms with Crippen molar-refractivity contribution >= 4 is 17.6 Å². The number of ether oxygens (including phenoxy) is 3. The molecule has 0 spiro atoms. The average Bonchev–Trinajstić information content (AvgIpc) is 2.76. The van der Waals surface area contributed by atoms with E-state index in [0.29, 0.717) is 22.1 Å². The van der Waals surface area contributed by atoms with Crippen LogP contribution in [0.4, 0.5) is 0 Å². The highest BCUT2D eigenvalue weighted by atomic mass is 35.5. The van der Waals surface area contributed by atoms with E-state index in [4.69, 9.17) is 31.5 Å². The zero-order valence-corrected chi connectivity index (χ0v) is 18.8. The van der Waals surface area contributed by atoms with Crippen LogP contribution in [0.15, 0.2) is 72.1 Å². The van der Waals surface area contributed by atoms with Crippen LogP contribution in [-0.4, -0.2) is 12.6 Å². The first-order valence-electron chi connectivity index (χ1n) is 10.2. The Morgan fingerprint density at radius 1 is 1.09 bits per heavy atom. The zero-order chi connectivity index (χ0) is 23.5. The molecule has 0 radical (unpaired) electrons. The molecule has 4 rings (SSSR count). The molecule has 2 N–H and O–H groups in total. The van der Waals surface area contributed by atoms with Crippen LogP contribution in [0.1, 0.15) is 28.2 Å². The number of carbonyl (C=O) groups excluding carboxylic acids is 1. The molecule has 1 unspecified atom stereocenters. The number of fused-ring (bicyclic) bond motifs is 1. The number of allylic oxidation sites excluding steroid dienone is 1. The van der Waals surface area contributed by atoms with Crippen molar-refractivity contribution in [3.63, 3.8) is 0 Å². The Morgan fingerprint density at radius 2 is 1.85 bits per heavy atom. The van der Waals surface area contributed by atoms with Crippen LogP contribution in [-0.2, 0) is 4.79 Å². The lowest BCUT2D eigenvalue weighted by molar-refractivity contribution is -0.136. The molecule has 0 saturated carbocycles. The van der Waals surface area contributed by atoms with Crippen molar-refractivity contribution in [1.29, 1.82) is 5.26 Å². The number of hydrogen-bond acceptors (Lipinski definition) is 6. The van der Waals surface area contributed by atoms with Gasteiger partial charge in [0.05, 0.1) is 5.92 Å². The maximum absolute atomic E-state index is 12.3. The predicted octanol–water partition coefficient (Wildman–Crippen LogP) is 5.16. The van der Waals surface area contributed by atoms with Gasteiger partial charge in [0.1, 0.15) is 28.9 Å². The van der Waals surface area contributed by atoms with Crippen molar-refractivity contribution in [1.82, 2.24) is 0 Å². The van der Waals surface area contributed by atoms with Gasteiger partial charge in [-0.1, -0.05) is 35.9 Å². The molecule has 1 aliphatic heterocycles. The largest absolute Gasteiger partial charge is 0.482 e. The molecular formula is C26H21ClN2O4. The number of hydrogen-bond donors (Lipinski definition) is 1. The fraction of sp³-hybridized carbons (Fsp3) is 0.154. The quantitative estimate of drug-likeness (QED) is 0.417. The van der Waals surface area contributed by atoms with Gasteiger partial charge in [-0.15, -0.1) is 0 Å². The van der Waals surface area contributed by atoms with Gasteiger partial charge in [0.25, 0.3) is 0 Å². The molecule has 1 aliphatic rings. The van der Waals surface area contributed by atoms with Gasteiger partial charge in [-0.2, -0.15) is 5.26 Å². The van der Waals surface area contributed by atoms with Gasteiger partial charge in [-0.25, -0.2) is 4.79 Å². The van der Waals surface area contributed by atoms with E-state index in [0.717, 1.165) is 16.7 Å². The third-order valence-corrected chi connectivity index (χ3v) is 5.39. The standard InChI is InChI=1S/C26H21ClN2O4/c1-15-8-16(2)10-20(9-15)31-14-24(30)32-19-6-7-21-23(12-19)33-26(29)22(13-28)25(21)17-4-3-5-18(27)11-17/h3-12,25H,14,29H2,1-2H3. The van der Waals surface area contributed by atoms with Crippen LogP contribution in [0.5, 0.6) is 17.2 Å². The number of esters is 1. The normalized spacial score (nSPS) is 14.7. The number of rotatable bonds is 5. The minimum absolute atomic E-state index is 0.00315. The van der Waals surface area contributed by atoms with Crippen molar-refractivity contribution in [2.75, 3.05) is 6.61 Å². The summed E-state index contributed by atoms with van der Waals surface area (Å²) in [5.41, 5.74) is 9.93. The minimum Gasteiger partial charge on any atom is -0.482 e. The molecule has 1 heterocycles. The first-order chi connectivity index (χ1) is 15.8. The van der Waals surface area contributed by atoms with E-state index in [-0.39, 0.29) is 23.8 Å². The van der Waals surface area contributed by atoms with E-state index >= 15 is 0 Å². The molecule has 1 atom stereocenters. The summed E-state index contributed by atoms with van der Waals surface area (Å²) in [4.78, 5) is 12.3. The summed E-state index contributed by atoms with van der Waals surface area (Å²) in [6.07, 6.45) is 0. The van der Waals surface area contributed by atoms with Crippen LogP contribution in [0.25, 0.3) is 0 Å². The predicted molar refractivity (Wildman–Crippen MR) is 124 cm³/mol. The second kappa shape index (κ2) is 9.27. The zero-order valence-electron chi connectivity index (χ0n) is 18.1. The number of aryl methyl sites for hydroxylation is 2. The van der Waals surface area contributed by atoms with Gasteiger partial charge >= 0.3 is 5.97 Å². The van der Waals surface area contributed by atoms with Crippen molar-refractivity contribution in [3.05, 3.63) is 99.4 Å². The van der Waals surface area contributed by atoms with Crippen molar-refractivity contribution in [2.24, 2.45) is 5.73 Å². The molecule has 7 heteroatoms. The third-order valence-electron chi connectivity index (χ3n) is 5.16. The number of benzene rings is 3. The minimum atomic E-state index is -0.558. The molecule has 6 nitrogen and oxygen atoms in total. The number of nitriles is 1. The highest BCUT2D eigenvalue weighted by Gasteiger charge is 2.31. The third kappa shape index (κ3) is 4.94. The molecule has 0 saturated heterocycles. The van der Waals surface area contributed by atoms with Crippen LogP contribution in [0.2, 0.25) is 5.02 Å². The molecule has 33 heavy (non-hydrogen) atoms. The van der Waals surface area contributed by atoms with Crippen molar-refractivity contribution in [2.45, 2.75) is 19.8 Å². The Hall–Kier alpha value is -3.95.